The van der Waals surface area contributed by atoms with Gasteiger partial charge in [0.05, 0.1) is 12.6 Å². The summed E-state index contributed by atoms with van der Waals surface area (Å²) in [6.45, 7) is 1.96. The number of anilines is 2. The second-order valence-corrected chi connectivity index (χ2v) is 4.87. The van der Waals surface area contributed by atoms with Gasteiger partial charge in [0.15, 0.2) is 0 Å². The number of fused-ring (bicyclic) bond motifs is 1. The minimum Gasteiger partial charge on any atom is -0.508 e. The zero-order valence-electron chi connectivity index (χ0n) is 12.7. The molecule has 2 aromatic carbocycles. The number of hydrogen-bond donors (Lipinski definition) is 2. The average Bonchev–Trinajstić information content (AvgIpc) is 2.49. The molecule has 0 atom stereocenters. The number of phenolic OH excluding ortho intramolecular Hbond substituents is 1. The van der Waals surface area contributed by atoms with Crippen LogP contribution >= 0.6 is 24.8 Å². The van der Waals surface area contributed by atoms with Crippen LogP contribution in [-0.2, 0) is 0 Å². The standard InChI is InChI=1S/C17H16N2O2.2ClH/c1-11-9-17(19-12-3-5-13(20)6-4-12)15-10-14(21-2)7-8-16(15)18-11;;/h3-10,20H,1-2H3,(H,18,19);2*1H. The average molecular weight is 353 g/mol. The van der Waals surface area contributed by atoms with Crippen molar-refractivity contribution in [3.05, 3.63) is 54.2 Å². The molecule has 0 radical (unpaired) electrons. The third-order valence-electron chi connectivity index (χ3n) is 3.29. The van der Waals surface area contributed by atoms with Crippen molar-refractivity contribution < 1.29 is 9.84 Å². The van der Waals surface area contributed by atoms with Crippen LogP contribution in [0.15, 0.2) is 48.5 Å². The maximum absolute atomic E-state index is 9.35. The van der Waals surface area contributed by atoms with E-state index in [0.29, 0.717) is 0 Å². The molecule has 0 unspecified atom stereocenters. The van der Waals surface area contributed by atoms with E-state index >= 15 is 0 Å². The second kappa shape index (κ2) is 7.90. The van der Waals surface area contributed by atoms with E-state index in [1.165, 1.54) is 0 Å². The fourth-order valence-corrected chi connectivity index (χ4v) is 2.27. The largest absolute Gasteiger partial charge is 0.508 e. The number of ether oxygens (including phenoxy) is 1. The van der Waals surface area contributed by atoms with Crippen LogP contribution in [0, 0.1) is 6.92 Å². The highest BCUT2D eigenvalue weighted by molar-refractivity contribution is 5.94. The van der Waals surface area contributed by atoms with E-state index in [1.807, 2.05) is 43.3 Å². The second-order valence-electron chi connectivity index (χ2n) is 4.87. The summed E-state index contributed by atoms with van der Waals surface area (Å²) < 4.78 is 5.28. The smallest absolute Gasteiger partial charge is 0.119 e. The molecule has 3 aromatic rings. The minimum absolute atomic E-state index is 0. The van der Waals surface area contributed by atoms with Crippen LogP contribution in [-0.4, -0.2) is 17.2 Å². The highest BCUT2D eigenvalue weighted by Gasteiger charge is 2.06. The minimum atomic E-state index is 0. The third kappa shape index (κ3) is 4.18. The molecule has 6 heteroatoms. The van der Waals surface area contributed by atoms with Crippen LogP contribution in [0.5, 0.6) is 11.5 Å². The van der Waals surface area contributed by atoms with Crippen molar-refractivity contribution in [2.45, 2.75) is 6.92 Å². The first-order valence-corrected chi connectivity index (χ1v) is 6.67. The lowest BCUT2D eigenvalue weighted by atomic mass is 10.1. The highest BCUT2D eigenvalue weighted by Crippen LogP contribution is 2.29. The van der Waals surface area contributed by atoms with Gasteiger partial charge in [-0.15, -0.1) is 24.8 Å². The Bertz CT molecular complexity index is 792. The lowest BCUT2D eigenvalue weighted by Gasteiger charge is -2.12. The summed E-state index contributed by atoms with van der Waals surface area (Å²) in [4.78, 5) is 4.53. The number of nitrogens with one attached hydrogen (secondary N) is 1. The van der Waals surface area contributed by atoms with Gasteiger partial charge in [0.25, 0.3) is 0 Å². The predicted octanol–water partition coefficient (Wildman–Crippen LogP) is 4.84. The van der Waals surface area contributed by atoms with Gasteiger partial charge in [0.1, 0.15) is 11.5 Å². The van der Waals surface area contributed by atoms with Gasteiger partial charge in [-0.25, -0.2) is 0 Å². The van der Waals surface area contributed by atoms with Crippen LogP contribution in [0.4, 0.5) is 11.4 Å². The molecule has 0 spiro atoms. The van der Waals surface area contributed by atoms with Crippen LogP contribution in [0.1, 0.15) is 5.69 Å². The van der Waals surface area contributed by atoms with E-state index in [-0.39, 0.29) is 30.6 Å². The topological polar surface area (TPSA) is 54.4 Å². The van der Waals surface area contributed by atoms with Gasteiger partial charge in [0.2, 0.25) is 0 Å². The summed E-state index contributed by atoms with van der Waals surface area (Å²) in [5.74, 6) is 1.04. The maximum Gasteiger partial charge on any atom is 0.119 e. The quantitative estimate of drug-likeness (QED) is 0.662. The third-order valence-corrected chi connectivity index (χ3v) is 3.29. The summed E-state index contributed by atoms with van der Waals surface area (Å²) in [6.07, 6.45) is 0. The number of benzene rings is 2. The number of phenols is 1. The lowest BCUT2D eigenvalue weighted by Crippen LogP contribution is -1.95. The summed E-state index contributed by atoms with van der Waals surface area (Å²) in [5.41, 5.74) is 3.72. The molecular formula is C17H18Cl2N2O2. The molecule has 0 saturated heterocycles. The van der Waals surface area contributed by atoms with E-state index in [0.717, 1.165) is 33.7 Å². The molecule has 0 saturated carbocycles. The van der Waals surface area contributed by atoms with Gasteiger partial charge >= 0.3 is 0 Å². The summed E-state index contributed by atoms with van der Waals surface area (Å²) >= 11 is 0. The van der Waals surface area contributed by atoms with E-state index in [2.05, 4.69) is 10.3 Å². The summed E-state index contributed by atoms with van der Waals surface area (Å²) in [5, 5.41) is 13.7. The molecule has 0 amide bonds. The number of rotatable bonds is 3. The summed E-state index contributed by atoms with van der Waals surface area (Å²) in [7, 11) is 1.65. The number of halogens is 2. The molecule has 3 rings (SSSR count). The molecule has 23 heavy (non-hydrogen) atoms. The van der Waals surface area contributed by atoms with Crippen molar-refractivity contribution in [1.29, 1.82) is 0 Å². The molecule has 1 heterocycles. The Morgan fingerprint density at radius 3 is 2.35 bits per heavy atom. The van der Waals surface area contributed by atoms with Crippen LogP contribution < -0.4 is 10.1 Å². The molecule has 0 aliphatic heterocycles. The molecule has 0 fully saturated rings. The van der Waals surface area contributed by atoms with Crippen molar-refractivity contribution in [2.24, 2.45) is 0 Å². The van der Waals surface area contributed by atoms with Crippen molar-refractivity contribution in [2.75, 3.05) is 12.4 Å². The summed E-state index contributed by atoms with van der Waals surface area (Å²) in [6, 6.07) is 14.8. The van der Waals surface area contributed by atoms with Gasteiger partial charge in [-0.2, -0.15) is 0 Å². The molecule has 0 bridgehead atoms. The Labute approximate surface area is 147 Å². The number of nitrogens with zero attached hydrogens (tertiary/aromatic N) is 1. The SMILES string of the molecule is COc1ccc2nc(C)cc(Nc3ccc(O)cc3)c2c1.Cl.Cl. The van der Waals surface area contributed by atoms with Gasteiger partial charge in [0, 0.05) is 22.5 Å². The maximum atomic E-state index is 9.35. The zero-order chi connectivity index (χ0) is 14.8. The van der Waals surface area contributed by atoms with Gasteiger partial charge < -0.3 is 15.2 Å². The Morgan fingerprint density at radius 1 is 1.00 bits per heavy atom. The first-order valence-electron chi connectivity index (χ1n) is 6.67. The molecule has 122 valence electrons. The van der Waals surface area contributed by atoms with Crippen LogP contribution in [0.25, 0.3) is 10.9 Å². The molecule has 1 aromatic heterocycles. The first-order chi connectivity index (χ1) is 10.2. The van der Waals surface area contributed by atoms with Gasteiger partial charge in [-0.05, 0) is 55.5 Å². The number of aromatic hydroxyl groups is 1. The fraction of sp³-hybridized carbons (Fsp3) is 0.118. The Hall–Kier alpha value is -2.17. The van der Waals surface area contributed by atoms with Gasteiger partial charge in [-0.3, -0.25) is 4.98 Å². The van der Waals surface area contributed by atoms with Crippen molar-refractivity contribution in [3.63, 3.8) is 0 Å². The Balaban J connectivity index is 0.00000132. The first kappa shape index (κ1) is 18.9. The normalized spacial score (nSPS) is 9.65. The van der Waals surface area contributed by atoms with Crippen molar-refractivity contribution in [3.8, 4) is 11.5 Å². The fourth-order valence-electron chi connectivity index (χ4n) is 2.27. The Kier molecular flexibility index (Phi) is 6.49. The molecule has 4 nitrogen and oxygen atoms in total. The molecular weight excluding hydrogens is 335 g/mol. The van der Waals surface area contributed by atoms with Crippen LogP contribution in [0.3, 0.4) is 0 Å². The highest BCUT2D eigenvalue weighted by atomic mass is 35.5. The number of hydrogen-bond acceptors (Lipinski definition) is 4. The van der Waals surface area contributed by atoms with Crippen molar-refractivity contribution >= 4 is 47.1 Å². The zero-order valence-corrected chi connectivity index (χ0v) is 14.4. The van der Waals surface area contributed by atoms with E-state index in [4.69, 9.17) is 4.74 Å². The Morgan fingerprint density at radius 2 is 1.70 bits per heavy atom. The van der Waals surface area contributed by atoms with Gasteiger partial charge in [-0.1, -0.05) is 0 Å². The predicted molar refractivity (Wildman–Crippen MR) is 98.9 cm³/mol. The molecule has 0 aliphatic carbocycles. The van der Waals surface area contributed by atoms with Crippen molar-refractivity contribution in [1.82, 2.24) is 4.98 Å². The number of methoxy groups -OCH3 is 1. The van der Waals surface area contributed by atoms with E-state index in [1.54, 1.807) is 19.2 Å². The molecule has 0 aliphatic rings. The van der Waals surface area contributed by atoms with Crippen LogP contribution in [0.2, 0.25) is 0 Å². The monoisotopic (exact) mass is 352 g/mol. The number of pyridine rings is 1. The number of aromatic nitrogens is 1. The van der Waals surface area contributed by atoms with E-state index in [9.17, 15) is 5.11 Å². The number of aryl methyl sites for hydroxylation is 1. The lowest BCUT2D eigenvalue weighted by molar-refractivity contribution is 0.415. The van der Waals surface area contributed by atoms with E-state index < -0.39 is 0 Å². The molecule has 2 N–H and O–H groups in total.